The molecule has 98 valence electrons. The lowest BCUT2D eigenvalue weighted by Crippen LogP contribution is -2.38. The molecule has 2 aromatic rings. The summed E-state index contributed by atoms with van der Waals surface area (Å²) in [5, 5.41) is 13.2. The number of hydrogen-bond donors (Lipinski definition) is 0. The zero-order valence-electron chi connectivity index (χ0n) is 11.7. The normalized spacial score (nSPS) is 11.7. The van der Waals surface area contributed by atoms with E-state index < -0.39 is 0 Å². The van der Waals surface area contributed by atoms with Crippen LogP contribution in [0.1, 0.15) is 51.2 Å². The Balaban J connectivity index is 2.17. The quantitative estimate of drug-likeness (QED) is 0.767. The van der Waals surface area contributed by atoms with Gasteiger partial charge >= 0.3 is 0 Å². The van der Waals surface area contributed by atoms with Crippen LogP contribution >= 0.6 is 0 Å². The fraction of sp³-hybridized carbons (Fsp3) is 0.667. The van der Waals surface area contributed by atoms with E-state index in [-0.39, 0.29) is 6.04 Å². The van der Waals surface area contributed by atoms with Crippen LogP contribution in [0.25, 0.3) is 0 Å². The minimum Gasteiger partial charge on any atom is -0.182 e. The number of aryl methyl sites for hydroxylation is 1. The first-order chi connectivity index (χ1) is 8.47. The highest BCUT2D eigenvalue weighted by Gasteiger charge is 2.16. The molecule has 0 amide bonds. The molecule has 2 rings (SSSR count). The van der Waals surface area contributed by atoms with Gasteiger partial charge in [-0.1, -0.05) is 0 Å². The van der Waals surface area contributed by atoms with Crippen molar-refractivity contribution < 1.29 is 4.68 Å². The molecular formula is C12H21N6+. The van der Waals surface area contributed by atoms with Crippen molar-refractivity contribution >= 4 is 0 Å². The van der Waals surface area contributed by atoms with Crippen LogP contribution in [0.15, 0.2) is 12.4 Å². The van der Waals surface area contributed by atoms with Crippen molar-refractivity contribution in [2.75, 3.05) is 0 Å². The van der Waals surface area contributed by atoms with E-state index in [1.54, 1.807) is 11.0 Å². The van der Waals surface area contributed by atoms with Crippen molar-refractivity contribution in [3.8, 4) is 0 Å². The molecular weight excluding hydrogens is 228 g/mol. The van der Waals surface area contributed by atoms with Gasteiger partial charge in [-0.3, -0.25) is 0 Å². The van der Waals surface area contributed by atoms with E-state index in [0.717, 1.165) is 11.4 Å². The molecule has 0 aliphatic carbocycles. The summed E-state index contributed by atoms with van der Waals surface area (Å²) in [6, 6.07) is 0.661. The van der Waals surface area contributed by atoms with Crippen LogP contribution in [0.2, 0.25) is 0 Å². The highest BCUT2D eigenvalue weighted by Crippen LogP contribution is 2.04. The Hall–Kier alpha value is -1.72. The lowest BCUT2D eigenvalue weighted by molar-refractivity contribution is -0.772. The van der Waals surface area contributed by atoms with Gasteiger partial charge in [0.25, 0.3) is 0 Å². The van der Waals surface area contributed by atoms with E-state index in [1.165, 1.54) is 0 Å². The summed E-state index contributed by atoms with van der Waals surface area (Å²) < 4.78 is 3.91. The molecule has 0 aromatic carbocycles. The van der Waals surface area contributed by atoms with E-state index in [1.807, 2.05) is 9.36 Å². The van der Waals surface area contributed by atoms with Crippen LogP contribution in [0.5, 0.6) is 0 Å². The lowest BCUT2D eigenvalue weighted by atomic mass is 10.4. The molecule has 6 heteroatoms. The Kier molecular flexibility index (Phi) is 3.45. The summed E-state index contributed by atoms with van der Waals surface area (Å²) in [7, 11) is 0. The molecule has 0 radical (unpaired) electrons. The maximum absolute atomic E-state index is 4.51. The zero-order valence-corrected chi connectivity index (χ0v) is 11.7. The van der Waals surface area contributed by atoms with E-state index in [4.69, 9.17) is 0 Å². The van der Waals surface area contributed by atoms with Gasteiger partial charge in [-0.05, 0) is 27.7 Å². The first kappa shape index (κ1) is 12.7. The predicted octanol–water partition coefficient (Wildman–Crippen LogP) is 1.28. The second kappa shape index (κ2) is 4.88. The van der Waals surface area contributed by atoms with Gasteiger partial charge < -0.3 is 0 Å². The Bertz CT molecular complexity index is 522. The Morgan fingerprint density at radius 2 is 2.00 bits per heavy atom. The SMILES string of the molecule is Cc1c[n+](C(C)C)nn1Cc1cnn(C(C)C)n1. The summed E-state index contributed by atoms with van der Waals surface area (Å²) >= 11 is 0. The third-order valence-corrected chi connectivity index (χ3v) is 2.80. The second-order valence-electron chi connectivity index (χ2n) is 5.14. The highest BCUT2D eigenvalue weighted by atomic mass is 15.5. The average Bonchev–Trinajstić information content (AvgIpc) is 2.87. The predicted molar refractivity (Wildman–Crippen MR) is 67.1 cm³/mol. The van der Waals surface area contributed by atoms with Crippen molar-refractivity contribution in [2.24, 2.45) is 0 Å². The van der Waals surface area contributed by atoms with Crippen molar-refractivity contribution in [2.45, 2.75) is 53.2 Å². The first-order valence-electron chi connectivity index (χ1n) is 6.34. The van der Waals surface area contributed by atoms with Crippen molar-refractivity contribution in [3.63, 3.8) is 0 Å². The van der Waals surface area contributed by atoms with E-state index in [9.17, 15) is 0 Å². The average molecular weight is 249 g/mol. The molecule has 2 heterocycles. The molecule has 0 spiro atoms. The van der Waals surface area contributed by atoms with Crippen LogP contribution < -0.4 is 4.68 Å². The van der Waals surface area contributed by atoms with E-state index >= 15 is 0 Å². The summed E-state index contributed by atoms with van der Waals surface area (Å²) in [5.41, 5.74) is 2.06. The lowest BCUT2D eigenvalue weighted by Gasteiger charge is -2.00. The third kappa shape index (κ3) is 2.57. The molecule has 6 nitrogen and oxygen atoms in total. The van der Waals surface area contributed by atoms with Gasteiger partial charge in [-0.25, -0.2) is 0 Å². The number of aromatic nitrogens is 6. The number of hydrogen-bond acceptors (Lipinski definition) is 3. The van der Waals surface area contributed by atoms with Gasteiger partial charge in [0.15, 0.2) is 18.4 Å². The van der Waals surface area contributed by atoms with Gasteiger partial charge in [0.1, 0.15) is 11.7 Å². The van der Waals surface area contributed by atoms with Gasteiger partial charge in [0.2, 0.25) is 0 Å². The molecule has 0 aliphatic rings. The topological polar surface area (TPSA) is 52.4 Å². The summed E-state index contributed by atoms with van der Waals surface area (Å²) in [6.45, 7) is 11.1. The van der Waals surface area contributed by atoms with Gasteiger partial charge in [-0.15, -0.1) is 9.36 Å². The van der Waals surface area contributed by atoms with E-state index in [2.05, 4.69) is 56.2 Å². The summed E-state index contributed by atoms with van der Waals surface area (Å²) in [5.74, 6) is 0. The Morgan fingerprint density at radius 1 is 1.28 bits per heavy atom. The first-order valence-corrected chi connectivity index (χ1v) is 6.34. The van der Waals surface area contributed by atoms with Crippen LogP contribution in [0, 0.1) is 6.92 Å². The fourth-order valence-corrected chi connectivity index (χ4v) is 1.67. The number of rotatable bonds is 4. The minimum absolute atomic E-state index is 0.290. The van der Waals surface area contributed by atoms with Gasteiger partial charge in [0.05, 0.1) is 17.5 Å². The summed E-state index contributed by atoms with van der Waals surface area (Å²) in [6.07, 6.45) is 3.86. The molecule has 0 fully saturated rings. The zero-order chi connectivity index (χ0) is 13.3. The molecule has 2 aromatic heterocycles. The third-order valence-electron chi connectivity index (χ3n) is 2.80. The second-order valence-corrected chi connectivity index (χ2v) is 5.14. The highest BCUT2D eigenvalue weighted by molar-refractivity contribution is 4.95. The molecule has 0 bridgehead atoms. The molecule has 0 saturated carbocycles. The van der Waals surface area contributed by atoms with Crippen molar-refractivity contribution in [3.05, 3.63) is 23.8 Å². The van der Waals surface area contributed by atoms with Crippen molar-refractivity contribution in [1.29, 1.82) is 0 Å². The van der Waals surface area contributed by atoms with E-state index in [0.29, 0.717) is 12.6 Å². The summed E-state index contributed by atoms with van der Waals surface area (Å²) in [4.78, 5) is 1.73. The monoisotopic (exact) mass is 249 g/mol. The maximum atomic E-state index is 4.51. The fourth-order valence-electron chi connectivity index (χ4n) is 1.67. The molecule has 18 heavy (non-hydrogen) atoms. The van der Waals surface area contributed by atoms with Crippen LogP contribution in [0.3, 0.4) is 0 Å². The molecule has 0 unspecified atom stereocenters. The van der Waals surface area contributed by atoms with Crippen molar-refractivity contribution in [1.82, 2.24) is 24.9 Å². The maximum Gasteiger partial charge on any atom is 0.165 e. The van der Waals surface area contributed by atoms with Gasteiger partial charge in [-0.2, -0.15) is 15.0 Å². The Labute approximate surface area is 107 Å². The largest absolute Gasteiger partial charge is 0.182 e. The molecule has 0 saturated heterocycles. The standard InChI is InChI=1S/C12H21N6/c1-9(2)16-7-11(5)17(15-16)8-12-6-13-18(14-12)10(3)4/h6-7,9-10H,8H2,1-5H3/q+1. The molecule has 0 atom stereocenters. The van der Waals surface area contributed by atoms with Crippen LogP contribution in [-0.4, -0.2) is 24.9 Å². The Morgan fingerprint density at radius 3 is 2.50 bits per heavy atom. The number of nitrogens with zero attached hydrogens (tertiary/aromatic N) is 6. The smallest absolute Gasteiger partial charge is 0.165 e. The van der Waals surface area contributed by atoms with Crippen LogP contribution in [-0.2, 0) is 6.54 Å². The molecule has 0 aliphatic heterocycles. The van der Waals surface area contributed by atoms with Gasteiger partial charge in [0, 0.05) is 6.92 Å². The van der Waals surface area contributed by atoms with Crippen LogP contribution in [0.4, 0.5) is 0 Å². The molecule has 0 N–H and O–H groups in total. The minimum atomic E-state index is 0.290.